The van der Waals surface area contributed by atoms with Crippen molar-refractivity contribution < 1.29 is 0 Å². The molecule has 1 aromatic rings. The summed E-state index contributed by atoms with van der Waals surface area (Å²) in [5.41, 5.74) is 1.15. The Morgan fingerprint density at radius 2 is 2.25 bits per heavy atom. The summed E-state index contributed by atoms with van der Waals surface area (Å²) in [6, 6.07) is 5.95. The predicted octanol–water partition coefficient (Wildman–Crippen LogP) is 4.19. The minimum Gasteiger partial charge on any atom is -0.312 e. The van der Waals surface area contributed by atoms with Crippen molar-refractivity contribution in [2.45, 2.75) is 13.5 Å². The SMILES string of the molecule is CSCC(C)CNCc1cc(Br)ccc1Cl. The van der Waals surface area contributed by atoms with Crippen molar-refractivity contribution in [3.05, 3.63) is 33.3 Å². The molecule has 0 spiro atoms. The van der Waals surface area contributed by atoms with E-state index < -0.39 is 0 Å². The molecule has 1 N–H and O–H groups in total. The number of nitrogens with one attached hydrogen (secondary N) is 1. The molecule has 0 aliphatic rings. The van der Waals surface area contributed by atoms with Crippen molar-refractivity contribution in [2.75, 3.05) is 18.6 Å². The summed E-state index contributed by atoms with van der Waals surface area (Å²) in [6.07, 6.45) is 2.14. The second-order valence-corrected chi connectivity index (χ2v) is 6.16. The number of benzene rings is 1. The second kappa shape index (κ2) is 7.59. The molecule has 0 saturated heterocycles. The molecule has 1 nitrogen and oxygen atoms in total. The van der Waals surface area contributed by atoms with Crippen LogP contribution in [0.1, 0.15) is 12.5 Å². The standard InChI is InChI=1S/C12H17BrClNS/c1-9(8-16-2)6-15-7-10-5-11(13)3-4-12(10)14/h3-5,9,15H,6-8H2,1-2H3. The molecule has 1 unspecified atom stereocenters. The molecule has 0 radical (unpaired) electrons. The summed E-state index contributed by atoms with van der Waals surface area (Å²) in [6.45, 7) is 4.12. The van der Waals surface area contributed by atoms with Crippen molar-refractivity contribution in [1.29, 1.82) is 0 Å². The van der Waals surface area contributed by atoms with Crippen LogP contribution in [0.4, 0.5) is 0 Å². The normalized spacial score (nSPS) is 12.8. The third-order valence-electron chi connectivity index (χ3n) is 2.27. The summed E-state index contributed by atoms with van der Waals surface area (Å²) in [7, 11) is 0. The van der Waals surface area contributed by atoms with E-state index in [4.69, 9.17) is 11.6 Å². The van der Waals surface area contributed by atoms with Crippen molar-refractivity contribution in [3.8, 4) is 0 Å². The predicted molar refractivity (Wildman–Crippen MR) is 78.4 cm³/mol. The smallest absolute Gasteiger partial charge is 0.0451 e. The molecule has 0 amide bonds. The molecule has 0 aliphatic heterocycles. The lowest BCUT2D eigenvalue weighted by atomic mass is 10.2. The lowest BCUT2D eigenvalue weighted by Crippen LogP contribution is -2.22. The number of rotatable bonds is 6. The summed E-state index contributed by atoms with van der Waals surface area (Å²) in [5, 5.41) is 4.26. The maximum atomic E-state index is 6.11. The summed E-state index contributed by atoms with van der Waals surface area (Å²) in [4.78, 5) is 0. The highest BCUT2D eigenvalue weighted by Crippen LogP contribution is 2.20. The highest BCUT2D eigenvalue weighted by atomic mass is 79.9. The highest BCUT2D eigenvalue weighted by Gasteiger charge is 2.03. The molecule has 0 aromatic heterocycles. The van der Waals surface area contributed by atoms with E-state index in [1.165, 1.54) is 5.75 Å². The van der Waals surface area contributed by atoms with Gasteiger partial charge >= 0.3 is 0 Å². The number of hydrogen-bond donors (Lipinski definition) is 1. The Kier molecular flexibility index (Phi) is 6.81. The lowest BCUT2D eigenvalue weighted by Gasteiger charge is -2.12. The molecule has 0 heterocycles. The zero-order valence-corrected chi connectivity index (χ0v) is 12.8. The molecular weight excluding hydrogens is 306 g/mol. The van der Waals surface area contributed by atoms with Gasteiger partial charge in [0.05, 0.1) is 0 Å². The Morgan fingerprint density at radius 3 is 2.94 bits per heavy atom. The molecular formula is C12H17BrClNS. The van der Waals surface area contributed by atoms with Crippen LogP contribution in [0.25, 0.3) is 0 Å². The number of halogens is 2. The Balaban J connectivity index is 2.39. The van der Waals surface area contributed by atoms with E-state index in [0.29, 0.717) is 5.92 Å². The quantitative estimate of drug-likeness (QED) is 0.843. The Labute approximate surface area is 115 Å². The van der Waals surface area contributed by atoms with Crippen molar-refractivity contribution in [3.63, 3.8) is 0 Å². The van der Waals surface area contributed by atoms with Crippen LogP contribution in [0, 0.1) is 5.92 Å². The molecule has 0 fully saturated rings. The van der Waals surface area contributed by atoms with Crippen molar-refractivity contribution in [2.24, 2.45) is 5.92 Å². The minimum atomic E-state index is 0.695. The fourth-order valence-corrected chi connectivity index (χ4v) is 2.76. The van der Waals surface area contributed by atoms with Gasteiger partial charge in [-0.05, 0) is 48.2 Å². The third kappa shape index (κ3) is 5.09. The monoisotopic (exact) mass is 321 g/mol. The first-order valence-corrected chi connectivity index (χ1v) is 7.83. The fraction of sp³-hybridized carbons (Fsp3) is 0.500. The molecule has 0 bridgehead atoms. The lowest BCUT2D eigenvalue weighted by molar-refractivity contribution is 0.559. The highest BCUT2D eigenvalue weighted by molar-refractivity contribution is 9.10. The zero-order chi connectivity index (χ0) is 12.0. The first-order valence-electron chi connectivity index (χ1n) is 5.27. The fourth-order valence-electron chi connectivity index (χ4n) is 1.48. The molecule has 90 valence electrons. The van der Waals surface area contributed by atoms with Crippen LogP contribution in [0.3, 0.4) is 0 Å². The maximum absolute atomic E-state index is 6.11. The van der Waals surface area contributed by atoms with Gasteiger partial charge in [-0.2, -0.15) is 11.8 Å². The molecule has 1 aromatic carbocycles. The maximum Gasteiger partial charge on any atom is 0.0451 e. The van der Waals surface area contributed by atoms with E-state index in [-0.39, 0.29) is 0 Å². The van der Waals surface area contributed by atoms with Gasteiger partial charge in [-0.15, -0.1) is 0 Å². The van der Waals surface area contributed by atoms with Gasteiger partial charge in [0.15, 0.2) is 0 Å². The van der Waals surface area contributed by atoms with Crippen LogP contribution in [-0.4, -0.2) is 18.6 Å². The largest absolute Gasteiger partial charge is 0.312 e. The Morgan fingerprint density at radius 1 is 1.50 bits per heavy atom. The van der Waals surface area contributed by atoms with E-state index in [9.17, 15) is 0 Å². The topological polar surface area (TPSA) is 12.0 Å². The average Bonchev–Trinajstić information content (AvgIpc) is 2.23. The third-order valence-corrected chi connectivity index (χ3v) is 4.03. The van der Waals surface area contributed by atoms with Gasteiger partial charge in [0, 0.05) is 16.0 Å². The first-order chi connectivity index (χ1) is 7.63. The van der Waals surface area contributed by atoms with E-state index in [2.05, 4.69) is 40.5 Å². The van der Waals surface area contributed by atoms with Crippen LogP contribution in [0.5, 0.6) is 0 Å². The Hall–Kier alpha value is 0.300. The van der Waals surface area contributed by atoms with Gasteiger partial charge in [-0.1, -0.05) is 34.5 Å². The molecule has 1 rings (SSSR count). The summed E-state index contributed by atoms with van der Waals surface area (Å²) < 4.78 is 1.07. The van der Waals surface area contributed by atoms with Gasteiger partial charge < -0.3 is 5.32 Å². The van der Waals surface area contributed by atoms with Gasteiger partial charge in [0.2, 0.25) is 0 Å². The second-order valence-electron chi connectivity index (χ2n) is 3.93. The average molecular weight is 323 g/mol. The van der Waals surface area contributed by atoms with Crippen LogP contribution in [0.15, 0.2) is 22.7 Å². The van der Waals surface area contributed by atoms with E-state index >= 15 is 0 Å². The molecule has 0 saturated carbocycles. The van der Waals surface area contributed by atoms with Gasteiger partial charge in [0.25, 0.3) is 0 Å². The van der Waals surface area contributed by atoms with Crippen molar-refractivity contribution >= 4 is 39.3 Å². The summed E-state index contributed by atoms with van der Waals surface area (Å²) in [5.74, 6) is 1.89. The number of hydrogen-bond acceptors (Lipinski definition) is 2. The van der Waals surface area contributed by atoms with Gasteiger partial charge in [0.1, 0.15) is 0 Å². The van der Waals surface area contributed by atoms with Crippen LogP contribution in [0.2, 0.25) is 5.02 Å². The van der Waals surface area contributed by atoms with Crippen molar-refractivity contribution in [1.82, 2.24) is 5.32 Å². The molecule has 16 heavy (non-hydrogen) atoms. The van der Waals surface area contributed by atoms with Crippen LogP contribution < -0.4 is 5.32 Å². The Bertz CT molecular complexity index is 333. The first kappa shape index (κ1) is 14.4. The molecule has 1 atom stereocenters. The zero-order valence-electron chi connectivity index (χ0n) is 9.59. The van der Waals surface area contributed by atoms with Gasteiger partial charge in [-0.3, -0.25) is 0 Å². The molecule has 4 heteroatoms. The van der Waals surface area contributed by atoms with E-state index in [1.54, 1.807) is 0 Å². The molecule has 0 aliphatic carbocycles. The van der Waals surface area contributed by atoms with Crippen LogP contribution >= 0.6 is 39.3 Å². The van der Waals surface area contributed by atoms with Gasteiger partial charge in [-0.25, -0.2) is 0 Å². The van der Waals surface area contributed by atoms with E-state index in [1.807, 2.05) is 23.9 Å². The summed E-state index contributed by atoms with van der Waals surface area (Å²) >= 11 is 11.4. The number of thioether (sulfide) groups is 1. The minimum absolute atomic E-state index is 0.695. The van der Waals surface area contributed by atoms with E-state index in [0.717, 1.165) is 28.1 Å². The van der Waals surface area contributed by atoms with Crippen LogP contribution in [-0.2, 0) is 6.54 Å².